The molecule has 11 heteroatoms. The number of anilines is 1. The molecule has 0 heterocycles. The van der Waals surface area contributed by atoms with E-state index in [1.54, 1.807) is 42.5 Å². The van der Waals surface area contributed by atoms with Gasteiger partial charge in [-0.25, -0.2) is 8.42 Å². The van der Waals surface area contributed by atoms with Crippen LogP contribution < -0.4 is 14.4 Å². The molecule has 1 fully saturated rings. The van der Waals surface area contributed by atoms with Crippen molar-refractivity contribution in [1.29, 1.82) is 0 Å². The van der Waals surface area contributed by atoms with E-state index in [1.165, 1.54) is 12.0 Å². The summed E-state index contributed by atoms with van der Waals surface area (Å²) in [5.74, 6) is -0.547. The largest absolute Gasteiger partial charge is 0.495 e. The summed E-state index contributed by atoms with van der Waals surface area (Å²) >= 11 is 12.5. The van der Waals surface area contributed by atoms with Gasteiger partial charge in [0.05, 0.1) is 29.1 Å². The second-order valence-corrected chi connectivity index (χ2v) is 13.1. The van der Waals surface area contributed by atoms with E-state index in [9.17, 15) is 18.0 Å². The van der Waals surface area contributed by atoms with Crippen molar-refractivity contribution in [2.24, 2.45) is 0 Å². The third-order valence-electron chi connectivity index (χ3n) is 7.34. The van der Waals surface area contributed by atoms with E-state index in [2.05, 4.69) is 5.32 Å². The molecular weight excluding hydrogens is 597 g/mol. The van der Waals surface area contributed by atoms with Crippen molar-refractivity contribution in [3.63, 3.8) is 0 Å². The standard InChI is InChI=1S/C31H35Cl2N3O5S/c1-41-29-15-9-8-14-27(29)36(42(2,39)40)21-30(37)35(20-23-16-17-25(32)26(33)18-23)28(19-22-10-4-3-5-11-22)31(38)34-24-12-6-7-13-24/h3-5,8-11,14-18,24,28H,6-7,12-13,19-21H2,1-2H3,(H,34,38). The molecule has 4 rings (SSSR count). The minimum Gasteiger partial charge on any atom is -0.495 e. The van der Waals surface area contributed by atoms with Crippen LogP contribution >= 0.6 is 23.2 Å². The van der Waals surface area contributed by atoms with Crippen molar-refractivity contribution >= 4 is 50.7 Å². The average molecular weight is 633 g/mol. The Labute approximate surface area is 257 Å². The van der Waals surface area contributed by atoms with E-state index >= 15 is 0 Å². The molecule has 1 unspecified atom stereocenters. The summed E-state index contributed by atoms with van der Waals surface area (Å²) in [4.78, 5) is 29.6. The Bertz CT molecular complexity index is 1500. The molecule has 42 heavy (non-hydrogen) atoms. The zero-order chi connectivity index (χ0) is 30.3. The number of hydrogen-bond donors (Lipinski definition) is 1. The molecule has 3 aromatic carbocycles. The number of nitrogens with one attached hydrogen (secondary N) is 1. The third kappa shape index (κ3) is 8.18. The van der Waals surface area contributed by atoms with E-state index in [-0.39, 0.29) is 30.6 Å². The van der Waals surface area contributed by atoms with E-state index in [1.807, 2.05) is 30.3 Å². The Morgan fingerprint density at radius 2 is 1.62 bits per heavy atom. The molecule has 1 aliphatic rings. The van der Waals surface area contributed by atoms with Gasteiger partial charge in [0.2, 0.25) is 21.8 Å². The van der Waals surface area contributed by atoms with Crippen LogP contribution in [0, 0.1) is 0 Å². The topological polar surface area (TPSA) is 96.0 Å². The molecule has 0 aliphatic heterocycles. The number of carbonyl (C=O) groups excluding carboxylic acids is 2. The van der Waals surface area contributed by atoms with Crippen molar-refractivity contribution in [2.45, 2.75) is 50.7 Å². The van der Waals surface area contributed by atoms with Gasteiger partial charge in [0.1, 0.15) is 18.3 Å². The van der Waals surface area contributed by atoms with Gasteiger partial charge in [-0.3, -0.25) is 13.9 Å². The molecule has 224 valence electrons. The Morgan fingerprint density at radius 3 is 2.26 bits per heavy atom. The number of amides is 2. The molecule has 1 N–H and O–H groups in total. The lowest BCUT2D eigenvalue weighted by atomic mass is 10.0. The third-order valence-corrected chi connectivity index (χ3v) is 9.21. The van der Waals surface area contributed by atoms with Crippen LogP contribution in [-0.2, 0) is 32.6 Å². The minimum atomic E-state index is -3.92. The Hall–Kier alpha value is -3.27. The summed E-state index contributed by atoms with van der Waals surface area (Å²) in [6, 6.07) is 20.1. The SMILES string of the molecule is COc1ccccc1N(CC(=O)N(Cc1ccc(Cl)c(Cl)c1)C(Cc1ccccc1)C(=O)NC1CCCC1)S(C)(=O)=O. The number of carbonyl (C=O) groups is 2. The van der Waals surface area contributed by atoms with Gasteiger partial charge in [-0.2, -0.15) is 0 Å². The molecule has 1 atom stereocenters. The number of benzene rings is 3. The maximum atomic E-state index is 14.2. The minimum absolute atomic E-state index is 0.00877. The number of ether oxygens (including phenoxy) is 1. The highest BCUT2D eigenvalue weighted by Gasteiger charge is 2.34. The van der Waals surface area contributed by atoms with Gasteiger partial charge in [0.15, 0.2) is 0 Å². The molecule has 2 amide bonds. The van der Waals surface area contributed by atoms with Gasteiger partial charge >= 0.3 is 0 Å². The number of halogens is 2. The second-order valence-electron chi connectivity index (χ2n) is 10.4. The summed E-state index contributed by atoms with van der Waals surface area (Å²) in [6.45, 7) is -0.530. The Kier molecular flexibility index (Phi) is 10.8. The van der Waals surface area contributed by atoms with Crippen LogP contribution in [0.5, 0.6) is 5.75 Å². The predicted octanol–water partition coefficient (Wildman–Crippen LogP) is 5.47. The van der Waals surface area contributed by atoms with E-state index < -0.39 is 28.5 Å². The molecule has 1 aliphatic carbocycles. The molecule has 3 aromatic rings. The molecule has 0 radical (unpaired) electrons. The number of methoxy groups -OCH3 is 1. The van der Waals surface area contributed by atoms with Crippen LogP contribution in [-0.4, -0.2) is 57.1 Å². The van der Waals surface area contributed by atoms with E-state index in [0.717, 1.165) is 41.8 Å². The highest BCUT2D eigenvalue weighted by Crippen LogP contribution is 2.30. The molecular formula is C31H35Cl2N3O5S. The fourth-order valence-corrected chi connectivity index (χ4v) is 6.36. The fourth-order valence-electron chi connectivity index (χ4n) is 5.19. The highest BCUT2D eigenvalue weighted by atomic mass is 35.5. The van der Waals surface area contributed by atoms with Gasteiger partial charge in [-0.15, -0.1) is 0 Å². The van der Waals surface area contributed by atoms with Crippen LogP contribution in [0.4, 0.5) is 5.69 Å². The fraction of sp³-hybridized carbons (Fsp3) is 0.355. The van der Waals surface area contributed by atoms with Crippen LogP contribution in [0.3, 0.4) is 0 Å². The van der Waals surface area contributed by atoms with Crippen molar-refractivity contribution in [2.75, 3.05) is 24.2 Å². The first-order chi connectivity index (χ1) is 20.1. The van der Waals surface area contributed by atoms with Crippen molar-refractivity contribution in [3.8, 4) is 5.75 Å². The van der Waals surface area contributed by atoms with Gasteiger partial charge < -0.3 is 15.0 Å². The molecule has 0 bridgehead atoms. The van der Waals surface area contributed by atoms with E-state index in [0.29, 0.717) is 21.4 Å². The number of para-hydroxylation sites is 2. The lowest BCUT2D eigenvalue weighted by molar-refractivity contribution is -0.140. The smallest absolute Gasteiger partial charge is 0.244 e. The molecule has 0 aromatic heterocycles. The van der Waals surface area contributed by atoms with Gasteiger partial charge in [-0.05, 0) is 48.2 Å². The van der Waals surface area contributed by atoms with E-state index in [4.69, 9.17) is 27.9 Å². The van der Waals surface area contributed by atoms with Crippen LogP contribution in [0.2, 0.25) is 10.0 Å². The molecule has 0 saturated heterocycles. The zero-order valence-electron chi connectivity index (χ0n) is 23.6. The first-order valence-corrected chi connectivity index (χ1v) is 16.4. The van der Waals surface area contributed by atoms with Crippen LogP contribution in [0.1, 0.15) is 36.8 Å². The maximum absolute atomic E-state index is 14.2. The summed E-state index contributed by atoms with van der Waals surface area (Å²) in [7, 11) is -2.49. The second kappa shape index (κ2) is 14.3. The Balaban J connectivity index is 1.75. The number of nitrogens with zero attached hydrogens (tertiary/aromatic N) is 2. The monoisotopic (exact) mass is 631 g/mol. The van der Waals surface area contributed by atoms with Crippen molar-refractivity contribution < 1.29 is 22.7 Å². The zero-order valence-corrected chi connectivity index (χ0v) is 26.0. The quantitative estimate of drug-likeness (QED) is 0.286. The summed E-state index contributed by atoms with van der Waals surface area (Å²) < 4.78 is 32.4. The maximum Gasteiger partial charge on any atom is 0.244 e. The first kappa shape index (κ1) is 31.7. The highest BCUT2D eigenvalue weighted by molar-refractivity contribution is 7.92. The first-order valence-electron chi connectivity index (χ1n) is 13.7. The van der Waals surface area contributed by atoms with Crippen LogP contribution in [0.25, 0.3) is 0 Å². The van der Waals surface area contributed by atoms with Gasteiger partial charge in [-0.1, -0.05) is 84.6 Å². The summed E-state index contributed by atoms with van der Waals surface area (Å²) in [5.41, 5.74) is 1.73. The van der Waals surface area contributed by atoms with Gasteiger partial charge in [0.25, 0.3) is 0 Å². The average Bonchev–Trinajstić information content (AvgIpc) is 3.48. The number of sulfonamides is 1. The normalized spacial score (nSPS) is 14.3. The predicted molar refractivity (Wildman–Crippen MR) is 167 cm³/mol. The van der Waals surface area contributed by atoms with Gasteiger partial charge in [0, 0.05) is 19.0 Å². The lowest BCUT2D eigenvalue weighted by Crippen LogP contribution is -2.54. The molecule has 0 spiro atoms. The number of hydrogen-bond acceptors (Lipinski definition) is 5. The summed E-state index contributed by atoms with van der Waals surface area (Å²) in [5, 5.41) is 3.81. The molecule has 8 nitrogen and oxygen atoms in total. The van der Waals surface area contributed by atoms with Crippen molar-refractivity contribution in [3.05, 3.63) is 94.0 Å². The molecule has 1 saturated carbocycles. The lowest BCUT2D eigenvalue weighted by Gasteiger charge is -2.34. The van der Waals surface area contributed by atoms with Crippen molar-refractivity contribution in [1.82, 2.24) is 10.2 Å². The van der Waals surface area contributed by atoms with Crippen LogP contribution in [0.15, 0.2) is 72.8 Å². The summed E-state index contributed by atoms with van der Waals surface area (Å²) in [6.07, 6.45) is 5.08. The number of rotatable bonds is 12. The Morgan fingerprint density at radius 1 is 0.952 bits per heavy atom.